The Morgan fingerprint density at radius 2 is 1.83 bits per heavy atom. The van der Waals surface area contributed by atoms with Crippen LogP contribution >= 0.6 is 0 Å². The molecule has 1 aromatic carbocycles. The van der Waals surface area contributed by atoms with Crippen molar-refractivity contribution >= 4 is 16.0 Å². The predicted molar refractivity (Wildman–Crippen MR) is 101 cm³/mol. The molecule has 1 N–H and O–H groups in total. The summed E-state index contributed by atoms with van der Waals surface area (Å²) < 4.78 is 25.9. The van der Waals surface area contributed by atoms with Gasteiger partial charge in [-0.25, -0.2) is 12.7 Å². The van der Waals surface area contributed by atoms with E-state index in [0.29, 0.717) is 25.6 Å². The van der Waals surface area contributed by atoms with Gasteiger partial charge in [0.25, 0.3) is 0 Å². The minimum Gasteiger partial charge on any atom is -0.355 e. The highest BCUT2D eigenvalue weighted by atomic mass is 32.2. The molecule has 0 radical (unpaired) electrons. The molecule has 1 aromatic rings. The summed E-state index contributed by atoms with van der Waals surface area (Å²) >= 11 is 0. The van der Waals surface area contributed by atoms with Crippen molar-refractivity contribution in [3.05, 3.63) is 35.4 Å². The van der Waals surface area contributed by atoms with Crippen molar-refractivity contribution < 1.29 is 8.42 Å². The van der Waals surface area contributed by atoms with Crippen molar-refractivity contribution in [2.75, 3.05) is 39.5 Å². The second-order valence-corrected chi connectivity index (χ2v) is 7.75. The Hall–Kier alpha value is -1.60. The molecule has 0 bridgehead atoms. The van der Waals surface area contributed by atoms with Gasteiger partial charge >= 0.3 is 0 Å². The summed E-state index contributed by atoms with van der Waals surface area (Å²) in [6.07, 6.45) is 0. The van der Waals surface area contributed by atoms with Crippen LogP contribution in [0.25, 0.3) is 0 Å². The third kappa shape index (κ3) is 5.79. The molecule has 0 aliphatic heterocycles. The van der Waals surface area contributed by atoms with E-state index in [1.54, 1.807) is 7.05 Å². The van der Waals surface area contributed by atoms with Gasteiger partial charge in [0.1, 0.15) is 0 Å². The molecule has 0 amide bonds. The third-order valence-corrected chi connectivity index (χ3v) is 6.01. The van der Waals surface area contributed by atoms with Gasteiger partial charge in [0.2, 0.25) is 10.0 Å². The molecule has 0 heterocycles. The Morgan fingerprint density at radius 3 is 2.38 bits per heavy atom. The summed E-state index contributed by atoms with van der Waals surface area (Å²) in [6.45, 7) is 7.84. The zero-order valence-electron chi connectivity index (χ0n) is 15.4. The average molecular weight is 355 g/mol. The monoisotopic (exact) mass is 354 g/mol. The number of nitrogens with one attached hydrogen (secondary N) is 1. The summed E-state index contributed by atoms with van der Waals surface area (Å²) in [5, 5.41) is 3.14. The molecule has 0 unspecified atom stereocenters. The Balaban J connectivity index is 2.61. The SMILES string of the molecule is CCN(CC)S(=O)(=O)CCNC(=NC)N(C)Cc1ccccc1C. The van der Waals surface area contributed by atoms with Crippen LogP contribution in [0.4, 0.5) is 0 Å². The summed E-state index contributed by atoms with van der Waals surface area (Å²) in [7, 11) is 0.429. The first-order valence-corrected chi connectivity index (χ1v) is 9.90. The Labute approximate surface area is 146 Å². The molecule has 0 spiro atoms. The molecule has 1 rings (SSSR count). The van der Waals surface area contributed by atoms with Crippen molar-refractivity contribution in [3.8, 4) is 0 Å². The maximum atomic E-state index is 12.2. The van der Waals surface area contributed by atoms with Gasteiger partial charge in [0.15, 0.2) is 5.96 Å². The highest BCUT2D eigenvalue weighted by molar-refractivity contribution is 7.89. The van der Waals surface area contributed by atoms with Gasteiger partial charge < -0.3 is 10.2 Å². The number of hydrogen-bond donors (Lipinski definition) is 1. The lowest BCUT2D eigenvalue weighted by atomic mass is 10.1. The van der Waals surface area contributed by atoms with Crippen molar-refractivity contribution in [1.82, 2.24) is 14.5 Å². The van der Waals surface area contributed by atoms with Crippen LogP contribution in [0.3, 0.4) is 0 Å². The number of nitrogens with zero attached hydrogens (tertiary/aromatic N) is 3. The fourth-order valence-corrected chi connectivity index (χ4v) is 3.95. The normalized spacial score (nSPS) is 12.5. The van der Waals surface area contributed by atoms with E-state index in [9.17, 15) is 8.42 Å². The lowest BCUT2D eigenvalue weighted by Gasteiger charge is -2.24. The second kappa shape index (κ2) is 9.64. The average Bonchev–Trinajstić information content (AvgIpc) is 2.54. The number of guanidine groups is 1. The van der Waals surface area contributed by atoms with Crippen LogP contribution < -0.4 is 5.32 Å². The van der Waals surface area contributed by atoms with E-state index in [0.717, 1.165) is 6.54 Å². The zero-order valence-corrected chi connectivity index (χ0v) is 16.2. The molecule has 0 aliphatic carbocycles. The molecule has 136 valence electrons. The summed E-state index contributed by atoms with van der Waals surface area (Å²) in [5.74, 6) is 0.749. The molecule has 0 fully saturated rings. The molecule has 0 saturated carbocycles. The molecule has 0 aliphatic rings. The molecule has 0 aromatic heterocycles. The van der Waals surface area contributed by atoms with E-state index in [-0.39, 0.29) is 5.75 Å². The lowest BCUT2D eigenvalue weighted by Crippen LogP contribution is -2.42. The third-order valence-electron chi connectivity index (χ3n) is 3.98. The van der Waals surface area contributed by atoms with E-state index in [1.807, 2.05) is 37.9 Å². The maximum absolute atomic E-state index is 12.2. The van der Waals surface area contributed by atoms with Crippen LogP contribution in [-0.2, 0) is 16.6 Å². The minimum absolute atomic E-state index is 0.0614. The highest BCUT2D eigenvalue weighted by Gasteiger charge is 2.18. The predicted octanol–water partition coefficient (Wildman–Crippen LogP) is 1.67. The van der Waals surface area contributed by atoms with Gasteiger partial charge in [0, 0.05) is 40.3 Å². The Kier molecular flexibility index (Phi) is 8.21. The molecule has 0 saturated heterocycles. The first-order chi connectivity index (χ1) is 11.4. The highest BCUT2D eigenvalue weighted by Crippen LogP contribution is 2.09. The molecule has 7 heteroatoms. The minimum atomic E-state index is -3.22. The number of rotatable bonds is 8. The van der Waals surface area contributed by atoms with Crippen LogP contribution in [0.2, 0.25) is 0 Å². The Bertz CT molecular complexity index is 640. The smallest absolute Gasteiger partial charge is 0.215 e. The first-order valence-electron chi connectivity index (χ1n) is 8.29. The quantitative estimate of drug-likeness (QED) is 0.570. The largest absolute Gasteiger partial charge is 0.355 e. The van der Waals surface area contributed by atoms with Crippen LogP contribution in [0.5, 0.6) is 0 Å². The van der Waals surface area contributed by atoms with Crippen LogP contribution in [0.1, 0.15) is 25.0 Å². The van der Waals surface area contributed by atoms with Gasteiger partial charge in [0.05, 0.1) is 5.75 Å². The molecule has 24 heavy (non-hydrogen) atoms. The number of aliphatic imine (C=N–C) groups is 1. The zero-order chi connectivity index (χ0) is 18.2. The lowest BCUT2D eigenvalue weighted by molar-refractivity contribution is 0.443. The van der Waals surface area contributed by atoms with E-state index < -0.39 is 10.0 Å². The summed E-state index contributed by atoms with van der Waals surface area (Å²) in [6, 6.07) is 8.20. The van der Waals surface area contributed by atoms with Crippen molar-refractivity contribution in [2.45, 2.75) is 27.3 Å². The van der Waals surface area contributed by atoms with Crippen LogP contribution in [-0.4, -0.2) is 63.1 Å². The van der Waals surface area contributed by atoms with Gasteiger partial charge in [-0.15, -0.1) is 0 Å². The van der Waals surface area contributed by atoms with Crippen molar-refractivity contribution in [2.24, 2.45) is 4.99 Å². The summed E-state index contributed by atoms with van der Waals surface area (Å²) in [5.41, 5.74) is 2.45. The number of benzene rings is 1. The molecule has 6 nitrogen and oxygen atoms in total. The van der Waals surface area contributed by atoms with Gasteiger partial charge in [-0.05, 0) is 18.1 Å². The number of hydrogen-bond acceptors (Lipinski definition) is 3. The number of aryl methyl sites for hydroxylation is 1. The van der Waals surface area contributed by atoms with Gasteiger partial charge in [-0.3, -0.25) is 4.99 Å². The van der Waals surface area contributed by atoms with Crippen LogP contribution in [0.15, 0.2) is 29.3 Å². The summed E-state index contributed by atoms with van der Waals surface area (Å²) in [4.78, 5) is 6.23. The Morgan fingerprint density at radius 1 is 1.21 bits per heavy atom. The maximum Gasteiger partial charge on any atom is 0.215 e. The molecular weight excluding hydrogens is 324 g/mol. The molecule has 0 atom stereocenters. The number of sulfonamides is 1. The molecular formula is C17H30N4O2S. The fraction of sp³-hybridized carbons (Fsp3) is 0.588. The topological polar surface area (TPSA) is 65.0 Å². The van der Waals surface area contributed by atoms with Gasteiger partial charge in [-0.2, -0.15) is 0 Å². The van der Waals surface area contributed by atoms with E-state index >= 15 is 0 Å². The fourth-order valence-electron chi connectivity index (χ4n) is 2.54. The van der Waals surface area contributed by atoms with E-state index in [1.165, 1.54) is 15.4 Å². The van der Waals surface area contributed by atoms with E-state index in [2.05, 4.69) is 29.4 Å². The second-order valence-electron chi connectivity index (χ2n) is 5.66. The van der Waals surface area contributed by atoms with Crippen LogP contribution in [0, 0.1) is 6.92 Å². The first kappa shape index (κ1) is 20.4. The van der Waals surface area contributed by atoms with Crippen molar-refractivity contribution in [1.29, 1.82) is 0 Å². The van der Waals surface area contributed by atoms with Gasteiger partial charge in [-0.1, -0.05) is 38.1 Å². The standard InChI is InChI=1S/C17H30N4O2S/c1-6-21(7-2)24(22,23)13-12-19-17(18-4)20(5)14-16-11-9-8-10-15(16)3/h8-11H,6-7,12-14H2,1-5H3,(H,18,19). The van der Waals surface area contributed by atoms with E-state index in [4.69, 9.17) is 0 Å². The van der Waals surface area contributed by atoms with Crippen molar-refractivity contribution in [3.63, 3.8) is 0 Å².